The molecule has 9 nitrogen and oxygen atoms in total. The van der Waals surface area contributed by atoms with Gasteiger partial charge in [0, 0.05) is 38.6 Å². The van der Waals surface area contributed by atoms with Gasteiger partial charge in [0.1, 0.15) is 12.1 Å². The quantitative estimate of drug-likeness (QED) is 0.616. The molecule has 5 rings (SSSR count). The second-order valence-electron chi connectivity index (χ2n) is 8.39. The molecule has 2 aliphatic rings. The van der Waals surface area contributed by atoms with Crippen molar-refractivity contribution in [2.24, 2.45) is 0 Å². The molecule has 1 N–H and O–H groups in total. The maximum absolute atomic E-state index is 13.4. The molecule has 9 heteroatoms. The van der Waals surface area contributed by atoms with Gasteiger partial charge in [-0.25, -0.2) is 14.8 Å². The number of imide groups is 1. The van der Waals surface area contributed by atoms with Crippen LogP contribution < -0.4 is 10.2 Å². The Kier molecular flexibility index (Phi) is 5.16. The summed E-state index contributed by atoms with van der Waals surface area (Å²) < 4.78 is 0. The lowest BCUT2D eigenvalue weighted by molar-refractivity contribution is -0.139. The first-order chi connectivity index (χ1) is 16.0. The molecule has 3 aromatic rings. The largest absolute Gasteiger partial charge is 0.338 e. The van der Waals surface area contributed by atoms with Gasteiger partial charge in [-0.3, -0.25) is 14.5 Å². The highest BCUT2D eigenvalue weighted by Gasteiger charge is 2.50. The fourth-order valence-corrected chi connectivity index (χ4v) is 4.53. The van der Waals surface area contributed by atoms with Gasteiger partial charge in [0.25, 0.3) is 5.91 Å². The molecule has 3 heterocycles. The number of hydrogen-bond acceptors (Lipinski definition) is 6. The minimum absolute atomic E-state index is 0.255. The number of rotatable bonds is 4. The summed E-state index contributed by atoms with van der Waals surface area (Å²) in [7, 11) is 0. The predicted octanol–water partition coefficient (Wildman–Crippen LogP) is 1.75. The molecule has 0 unspecified atom stereocenters. The Morgan fingerprint density at radius 2 is 1.67 bits per heavy atom. The average molecular weight is 444 g/mol. The van der Waals surface area contributed by atoms with Gasteiger partial charge in [-0.1, -0.05) is 42.5 Å². The lowest BCUT2D eigenvalue weighted by Gasteiger charge is -2.35. The fourth-order valence-electron chi connectivity index (χ4n) is 4.53. The molecule has 2 aromatic carbocycles. The third kappa shape index (κ3) is 3.65. The molecule has 168 valence electrons. The van der Waals surface area contributed by atoms with Crippen LogP contribution in [-0.4, -0.2) is 70.3 Å². The van der Waals surface area contributed by atoms with Crippen molar-refractivity contribution in [3.63, 3.8) is 0 Å². The zero-order valence-electron chi connectivity index (χ0n) is 18.3. The van der Waals surface area contributed by atoms with E-state index in [2.05, 4.69) is 15.3 Å². The standard InChI is InChI=1S/C24H24N6O3/c1-24(19-9-4-7-17-6-2-3-8-18(17)19)21(32)30(23(33)27-24)16-20(31)28-12-14-29(15-13-28)22-25-10-5-11-26-22/h2-11H,12-16H2,1H3,(H,27,33)/t24-/m0/s1. The van der Waals surface area contributed by atoms with Crippen LogP contribution in [0.15, 0.2) is 60.9 Å². The van der Waals surface area contributed by atoms with Gasteiger partial charge >= 0.3 is 6.03 Å². The van der Waals surface area contributed by atoms with Crippen LogP contribution in [-0.2, 0) is 15.1 Å². The number of amides is 4. The highest BCUT2D eigenvalue weighted by Crippen LogP contribution is 2.33. The topological polar surface area (TPSA) is 98.7 Å². The summed E-state index contributed by atoms with van der Waals surface area (Å²) in [5.41, 5.74) is -0.521. The molecule has 0 saturated carbocycles. The third-order valence-corrected chi connectivity index (χ3v) is 6.36. The number of nitrogens with zero attached hydrogens (tertiary/aromatic N) is 5. The van der Waals surface area contributed by atoms with Crippen molar-refractivity contribution in [3.05, 3.63) is 66.5 Å². The van der Waals surface area contributed by atoms with Gasteiger partial charge in [-0.05, 0) is 29.3 Å². The monoisotopic (exact) mass is 444 g/mol. The first kappa shape index (κ1) is 20.9. The van der Waals surface area contributed by atoms with E-state index in [9.17, 15) is 14.4 Å². The van der Waals surface area contributed by atoms with Crippen LogP contribution in [0.4, 0.5) is 10.7 Å². The van der Waals surface area contributed by atoms with Gasteiger partial charge in [-0.2, -0.15) is 0 Å². The molecule has 2 saturated heterocycles. The number of nitrogens with one attached hydrogen (secondary N) is 1. The summed E-state index contributed by atoms with van der Waals surface area (Å²) in [4.78, 5) is 52.3. The van der Waals surface area contributed by atoms with Crippen LogP contribution in [0.5, 0.6) is 0 Å². The number of carbonyl (C=O) groups is 3. The van der Waals surface area contributed by atoms with Crippen molar-refractivity contribution < 1.29 is 14.4 Å². The maximum Gasteiger partial charge on any atom is 0.325 e. The van der Waals surface area contributed by atoms with E-state index in [0.29, 0.717) is 37.7 Å². The third-order valence-electron chi connectivity index (χ3n) is 6.36. The summed E-state index contributed by atoms with van der Waals surface area (Å²) in [5.74, 6) is -0.0487. The number of benzene rings is 2. The lowest BCUT2D eigenvalue weighted by Crippen LogP contribution is -2.52. The smallest absolute Gasteiger partial charge is 0.325 e. The van der Waals surface area contributed by atoms with Crippen LogP contribution in [0.25, 0.3) is 10.8 Å². The van der Waals surface area contributed by atoms with E-state index in [4.69, 9.17) is 0 Å². The summed E-state index contributed by atoms with van der Waals surface area (Å²) in [6.45, 7) is 3.53. The van der Waals surface area contributed by atoms with E-state index in [-0.39, 0.29) is 12.5 Å². The van der Waals surface area contributed by atoms with Gasteiger partial charge in [0.2, 0.25) is 11.9 Å². The number of urea groups is 1. The normalized spacial score (nSPS) is 20.9. The SMILES string of the molecule is C[C@@]1(c2cccc3ccccc23)NC(=O)N(CC(=O)N2CCN(c3ncccn3)CC2)C1=O. The van der Waals surface area contributed by atoms with Crippen molar-refractivity contribution in [1.82, 2.24) is 25.1 Å². The van der Waals surface area contributed by atoms with Crippen LogP contribution in [0, 0.1) is 0 Å². The van der Waals surface area contributed by atoms with Crippen molar-refractivity contribution >= 4 is 34.6 Å². The number of piperazine rings is 1. The molecule has 0 spiro atoms. The van der Waals surface area contributed by atoms with E-state index in [1.807, 2.05) is 47.4 Å². The number of aromatic nitrogens is 2. The van der Waals surface area contributed by atoms with Crippen molar-refractivity contribution in [2.45, 2.75) is 12.5 Å². The second kappa shape index (κ2) is 8.16. The molecule has 2 fully saturated rings. The minimum atomic E-state index is -1.23. The Hall–Kier alpha value is -4.01. The van der Waals surface area contributed by atoms with Crippen LogP contribution in [0.1, 0.15) is 12.5 Å². The first-order valence-corrected chi connectivity index (χ1v) is 10.9. The van der Waals surface area contributed by atoms with Gasteiger partial charge in [-0.15, -0.1) is 0 Å². The maximum atomic E-state index is 13.4. The van der Waals surface area contributed by atoms with E-state index in [1.54, 1.807) is 30.3 Å². The molecule has 2 aliphatic heterocycles. The summed E-state index contributed by atoms with van der Waals surface area (Å²) in [5, 5.41) is 4.69. The van der Waals surface area contributed by atoms with Gasteiger partial charge in [0.05, 0.1) is 0 Å². The summed E-state index contributed by atoms with van der Waals surface area (Å²) in [6.07, 6.45) is 3.37. The zero-order chi connectivity index (χ0) is 23.0. The van der Waals surface area contributed by atoms with Crippen molar-refractivity contribution in [2.75, 3.05) is 37.6 Å². The van der Waals surface area contributed by atoms with E-state index < -0.39 is 17.5 Å². The van der Waals surface area contributed by atoms with Crippen molar-refractivity contribution in [3.8, 4) is 0 Å². The molecular weight excluding hydrogens is 420 g/mol. The van der Waals surface area contributed by atoms with Crippen LogP contribution >= 0.6 is 0 Å². The van der Waals surface area contributed by atoms with Crippen LogP contribution in [0.3, 0.4) is 0 Å². The van der Waals surface area contributed by atoms with Crippen LogP contribution in [0.2, 0.25) is 0 Å². The molecule has 0 bridgehead atoms. The Labute approximate surface area is 191 Å². The van der Waals surface area contributed by atoms with E-state index >= 15 is 0 Å². The highest BCUT2D eigenvalue weighted by molar-refractivity contribution is 6.10. The second-order valence-corrected chi connectivity index (χ2v) is 8.39. The van der Waals surface area contributed by atoms with Crippen molar-refractivity contribution in [1.29, 1.82) is 0 Å². The number of hydrogen-bond donors (Lipinski definition) is 1. The van der Waals surface area contributed by atoms with E-state index in [1.165, 1.54) is 0 Å². The average Bonchev–Trinajstić information content (AvgIpc) is 3.08. The summed E-state index contributed by atoms with van der Waals surface area (Å²) >= 11 is 0. The minimum Gasteiger partial charge on any atom is -0.338 e. The Balaban J connectivity index is 1.29. The molecule has 4 amide bonds. The molecule has 33 heavy (non-hydrogen) atoms. The number of fused-ring (bicyclic) bond motifs is 1. The van der Waals surface area contributed by atoms with Gasteiger partial charge in [0.15, 0.2) is 0 Å². The number of carbonyl (C=O) groups excluding carboxylic acids is 3. The molecule has 0 aliphatic carbocycles. The molecular formula is C24H24N6O3. The summed E-state index contributed by atoms with van der Waals surface area (Å²) in [6, 6.07) is 14.6. The predicted molar refractivity (Wildman–Crippen MR) is 122 cm³/mol. The molecule has 1 atom stereocenters. The number of anilines is 1. The Morgan fingerprint density at radius 3 is 2.42 bits per heavy atom. The highest BCUT2D eigenvalue weighted by atomic mass is 16.2. The fraction of sp³-hybridized carbons (Fsp3) is 0.292. The molecule has 1 aromatic heterocycles. The Bertz CT molecular complexity index is 1220. The first-order valence-electron chi connectivity index (χ1n) is 10.9. The zero-order valence-corrected chi connectivity index (χ0v) is 18.3. The lowest BCUT2D eigenvalue weighted by atomic mass is 9.88. The van der Waals surface area contributed by atoms with Gasteiger partial charge < -0.3 is 15.1 Å². The Morgan fingerprint density at radius 1 is 0.970 bits per heavy atom. The van der Waals surface area contributed by atoms with E-state index in [0.717, 1.165) is 15.7 Å². The molecule has 0 radical (unpaired) electrons.